The molecule has 4 heterocycles. The minimum atomic E-state index is -1.03. The number of fused-ring (bicyclic) bond motifs is 1. The monoisotopic (exact) mass is 428 g/mol. The van der Waals surface area contributed by atoms with Gasteiger partial charge in [-0.05, 0) is 75.1 Å². The van der Waals surface area contributed by atoms with Crippen LogP contribution in [0.25, 0.3) is 33.3 Å². The number of aryl methyl sites for hydroxylation is 2. The molecule has 2 fully saturated rings. The highest BCUT2D eigenvalue weighted by Gasteiger charge is 2.43. The van der Waals surface area contributed by atoms with Gasteiger partial charge < -0.3 is 14.2 Å². The number of carboxylic acid groups (broad SMARTS) is 1. The molecule has 7 nitrogen and oxygen atoms in total. The molecule has 0 saturated heterocycles. The van der Waals surface area contributed by atoms with Crippen LogP contribution in [0.5, 0.6) is 0 Å². The first-order valence-electron chi connectivity index (χ1n) is 11.1. The molecule has 0 aliphatic heterocycles. The molecule has 6 rings (SSSR count). The van der Waals surface area contributed by atoms with Crippen LogP contribution in [0.15, 0.2) is 41.3 Å². The third kappa shape index (κ3) is 3.11. The second-order valence-corrected chi connectivity index (χ2v) is 9.14. The van der Waals surface area contributed by atoms with E-state index in [1.807, 2.05) is 26.1 Å². The lowest BCUT2D eigenvalue weighted by molar-refractivity contribution is 0.0690. The predicted molar refractivity (Wildman–Crippen MR) is 119 cm³/mol. The Bertz CT molecular complexity index is 1330. The van der Waals surface area contributed by atoms with E-state index in [0.717, 1.165) is 44.7 Å². The summed E-state index contributed by atoms with van der Waals surface area (Å²) in [6.45, 7) is 3.84. The molecule has 0 radical (unpaired) electrons. The van der Waals surface area contributed by atoms with Gasteiger partial charge in [-0.1, -0.05) is 5.16 Å². The van der Waals surface area contributed by atoms with Crippen molar-refractivity contribution in [1.29, 1.82) is 0 Å². The number of carbonyl (C=O) groups is 1. The molecule has 0 spiro atoms. The van der Waals surface area contributed by atoms with Crippen molar-refractivity contribution in [2.45, 2.75) is 45.6 Å². The minimum absolute atomic E-state index is 0.0409. The van der Waals surface area contributed by atoms with E-state index in [4.69, 9.17) is 9.51 Å². The molecule has 2 aliphatic rings. The molecule has 2 aliphatic carbocycles. The highest BCUT2D eigenvalue weighted by atomic mass is 16.5. The number of nitrogens with zero attached hydrogens (tertiary/aromatic N) is 4. The second-order valence-electron chi connectivity index (χ2n) is 9.14. The third-order valence-corrected chi connectivity index (χ3v) is 6.81. The predicted octanol–water partition coefficient (Wildman–Crippen LogP) is 5.43. The first-order valence-corrected chi connectivity index (χ1v) is 11.1. The summed E-state index contributed by atoms with van der Waals surface area (Å²) >= 11 is 0. The van der Waals surface area contributed by atoms with Gasteiger partial charge in [-0.3, -0.25) is 0 Å². The van der Waals surface area contributed by atoms with Crippen LogP contribution in [0, 0.1) is 25.7 Å². The van der Waals surface area contributed by atoms with Gasteiger partial charge in [0.25, 0.3) is 0 Å². The Morgan fingerprint density at radius 2 is 1.88 bits per heavy atom. The van der Waals surface area contributed by atoms with Crippen LogP contribution in [-0.2, 0) is 0 Å². The maximum Gasteiger partial charge on any atom is 0.354 e. The van der Waals surface area contributed by atoms with Crippen molar-refractivity contribution in [1.82, 2.24) is 19.7 Å². The van der Waals surface area contributed by atoms with Gasteiger partial charge in [-0.25, -0.2) is 14.8 Å². The van der Waals surface area contributed by atoms with Gasteiger partial charge in [-0.2, -0.15) is 0 Å². The molecule has 1 N–H and O–H groups in total. The molecule has 0 unspecified atom stereocenters. The summed E-state index contributed by atoms with van der Waals surface area (Å²) in [6.07, 6.45) is 10.7. The van der Waals surface area contributed by atoms with Gasteiger partial charge in [0, 0.05) is 46.7 Å². The van der Waals surface area contributed by atoms with Crippen LogP contribution in [0.2, 0.25) is 0 Å². The van der Waals surface area contributed by atoms with Gasteiger partial charge in [0.2, 0.25) is 0 Å². The fourth-order valence-corrected chi connectivity index (χ4v) is 5.05. The van der Waals surface area contributed by atoms with Crippen molar-refractivity contribution in [3.8, 4) is 22.3 Å². The van der Waals surface area contributed by atoms with E-state index in [1.54, 1.807) is 12.3 Å². The average molecular weight is 428 g/mol. The third-order valence-electron chi connectivity index (χ3n) is 6.81. The number of hydrogen-bond donors (Lipinski definition) is 1. The van der Waals surface area contributed by atoms with Crippen LogP contribution in [0.1, 0.15) is 53.7 Å². The van der Waals surface area contributed by atoms with E-state index in [1.165, 1.54) is 25.7 Å². The Morgan fingerprint density at radius 3 is 2.50 bits per heavy atom. The van der Waals surface area contributed by atoms with Crippen LogP contribution in [-0.4, -0.2) is 30.8 Å². The fourth-order valence-electron chi connectivity index (χ4n) is 5.05. The molecule has 0 amide bonds. The Kier molecular flexibility index (Phi) is 4.22. The van der Waals surface area contributed by atoms with Crippen LogP contribution in [0.4, 0.5) is 0 Å². The van der Waals surface area contributed by atoms with Gasteiger partial charge >= 0.3 is 5.97 Å². The maximum atomic E-state index is 11.5. The Labute approximate surface area is 185 Å². The molecule has 162 valence electrons. The maximum absolute atomic E-state index is 11.5. The molecule has 2 saturated carbocycles. The Balaban J connectivity index is 1.58. The summed E-state index contributed by atoms with van der Waals surface area (Å²) in [5.74, 6) is 1.15. The molecule has 0 aromatic carbocycles. The largest absolute Gasteiger partial charge is 0.477 e. The number of hydrogen-bond acceptors (Lipinski definition) is 5. The summed E-state index contributed by atoms with van der Waals surface area (Å²) in [5, 5.41) is 14.6. The molecule has 4 aromatic heterocycles. The van der Waals surface area contributed by atoms with E-state index < -0.39 is 5.97 Å². The molecule has 4 aromatic rings. The lowest BCUT2D eigenvalue weighted by Gasteiger charge is -2.18. The highest BCUT2D eigenvalue weighted by Crippen LogP contribution is 2.53. The van der Waals surface area contributed by atoms with Gasteiger partial charge in [-0.15, -0.1) is 0 Å². The summed E-state index contributed by atoms with van der Waals surface area (Å²) in [4.78, 5) is 20.5. The van der Waals surface area contributed by atoms with Crippen LogP contribution >= 0.6 is 0 Å². The number of pyridine rings is 2. The highest BCUT2D eigenvalue weighted by molar-refractivity contribution is 5.98. The molecular weight excluding hydrogens is 404 g/mol. The van der Waals surface area contributed by atoms with Crippen molar-refractivity contribution >= 4 is 17.0 Å². The summed E-state index contributed by atoms with van der Waals surface area (Å²) in [6, 6.07) is 6.12. The first-order chi connectivity index (χ1) is 15.5. The van der Waals surface area contributed by atoms with E-state index in [0.29, 0.717) is 17.9 Å². The van der Waals surface area contributed by atoms with Gasteiger partial charge in [0.15, 0.2) is 0 Å². The molecule has 32 heavy (non-hydrogen) atoms. The van der Waals surface area contributed by atoms with E-state index in [9.17, 15) is 9.90 Å². The fraction of sp³-hybridized carbons (Fsp3) is 0.360. The zero-order valence-corrected chi connectivity index (χ0v) is 18.1. The van der Waals surface area contributed by atoms with Crippen LogP contribution in [0.3, 0.4) is 0 Å². The quantitative estimate of drug-likeness (QED) is 0.440. The lowest BCUT2D eigenvalue weighted by Crippen LogP contribution is -2.13. The van der Waals surface area contributed by atoms with Crippen molar-refractivity contribution in [3.63, 3.8) is 0 Å². The van der Waals surface area contributed by atoms with E-state index in [2.05, 4.69) is 27.0 Å². The number of carboxylic acids is 1. The standard InChI is InChI=1S/C25H24N4O3/c1-13-22(14(2)32-28-13)18-9-19-20(17-7-8-26-21(10-17)25(30)31)12-29(24(19)27-11-18)23(15-3-4-15)16-5-6-16/h7-12,15-16,23H,3-6H2,1-2H3,(H,30,31). The molecular formula is C25H24N4O3. The zero-order valence-electron chi connectivity index (χ0n) is 18.1. The average Bonchev–Trinajstić information content (AvgIpc) is 3.71. The van der Waals surface area contributed by atoms with Crippen molar-refractivity contribution < 1.29 is 14.4 Å². The summed E-state index contributed by atoms with van der Waals surface area (Å²) in [5.41, 5.74) is 5.55. The van der Waals surface area contributed by atoms with Crippen molar-refractivity contribution in [2.24, 2.45) is 11.8 Å². The van der Waals surface area contributed by atoms with Crippen LogP contribution < -0.4 is 0 Å². The number of aromatic carboxylic acids is 1. The molecule has 7 heteroatoms. The Morgan fingerprint density at radius 1 is 1.12 bits per heavy atom. The zero-order chi connectivity index (χ0) is 22.0. The van der Waals surface area contributed by atoms with E-state index in [-0.39, 0.29) is 5.69 Å². The van der Waals surface area contributed by atoms with Crippen molar-refractivity contribution in [2.75, 3.05) is 0 Å². The Hall–Kier alpha value is -3.48. The summed E-state index contributed by atoms with van der Waals surface area (Å²) in [7, 11) is 0. The SMILES string of the molecule is Cc1noc(C)c1-c1cnc2c(c1)c(-c1ccnc(C(=O)O)c1)cn2C(C1CC1)C1CC1. The topological polar surface area (TPSA) is 94.0 Å². The molecule has 0 atom stereocenters. The van der Waals surface area contributed by atoms with E-state index >= 15 is 0 Å². The summed E-state index contributed by atoms with van der Waals surface area (Å²) < 4.78 is 7.74. The second kappa shape index (κ2) is 7.02. The number of aromatic nitrogens is 4. The molecule has 0 bridgehead atoms. The minimum Gasteiger partial charge on any atom is -0.477 e. The van der Waals surface area contributed by atoms with Gasteiger partial charge in [0.1, 0.15) is 17.1 Å². The van der Waals surface area contributed by atoms with Crippen molar-refractivity contribution in [3.05, 3.63) is 53.9 Å². The first kappa shape index (κ1) is 19.2. The normalized spacial score (nSPS) is 16.2. The van der Waals surface area contributed by atoms with Gasteiger partial charge in [0.05, 0.1) is 5.69 Å². The smallest absolute Gasteiger partial charge is 0.354 e. The number of rotatable bonds is 6. The lowest BCUT2D eigenvalue weighted by atomic mass is 10.0.